The van der Waals surface area contributed by atoms with Crippen molar-refractivity contribution in [1.82, 2.24) is 9.55 Å². The predicted molar refractivity (Wildman–Crippen MR) is 64.8 cm³/mol. The van der Waals surface area contributed by atoms with Gasteiger partial charge < -0.3 is 9.67 Å². The molecule has 1 rings (SSSR count). The lowest BCUT2D eigenvalue weighted by molar-refractivity contribution is -0.133. The van der Waals surface area contributed by atoms with E-state index in [1.807, 2.05) is 13.1 Å². The summed E-state index contributed by atoms with van der Waals surface area (Å²) >= 11 is 1.29. The number of nitrogens with zero attached hydrogens (tertiary/aromatic N) is 2. The Kier molecular flexibility index (Phi) is 5.38. The van der Waals surface area contributed by atoms with Gasteiger partial charge in [-0.05, 0) is 13.3 Å². The van der Waals surface area contributed by atoms with Crippen molar-refractivity contribution >= 4 is 17.7 Å². The molecule has 1 heterocycles. The van der Waals surface area contributed by atoms with E-state index < -0.39 is 5.97 Å². The van der Waals surface area contributed by atoms with Crippen LogP contribution in [0.4, 0.5) is 0 Å². The van der Waals surface area contributed by atoms with E-state index in [9.17, 15) is 4.79 Å². The van der Waals surface area contributed by atoms with Crippen molar-refractivity contribution in [2.45, 2.75) is 44.8 Å². The average Bonchev–Trinajstić information content (AvgIpc) is 2.56. The lowest BCUT2D eigenvalue weighted by atomic mass is 10.2. The fourth-order valence-electron chi connectivity index (χ4n) is 1.46. The van der Waals surface area contributed by atoms with Crippen LogP contribution in [0.15, 0.2) is 11.4 Å². The van der Waals surface area contributed by atoms with Crippen molar-refractivity contribution < 1.29 is 9.90 Å². The number of imidazole rings is 1. The number of carbonyl (C=O) groups is 1. The maximum atomic E-state index is 10.5. The van der Waals surface area contributed by atoms with Crippen molar-refractivity contribution in [2.75, 3.05) is 5.75 Å². The number of aliphatic carboxylic acids is 1. The molecule has 1 N–H and O–H groups in total. The third-order valence-electron chi connectivity index (χ3n) is 2.19. The van der Waals surface area contributed by atoms with Gasteiger partial charge in [-0.3, -0.25) is 4.79 Å². The van der Waals surface area contributed by atoms with Gasteiger partial charge in [0.2, 0.25) is 0 Å². The van der Waals surface area contributed by atoms with Crippen molar-refractivity contribution in [3.8, 4) is 0 Å². The Labute approximate surface area is 100 Å². The topological polar surface area (TPSA) is 55.1 Å². The number of carboxylic acids is 1. The van der Waals surface area contributed by atoms with Gasteiger partial charge in [-0.25, -0.2) is 4.98 Å². The van der Waals surface area contributed by atoms with Gasteiger partial charge in [0.05, 0.1) is 11.4 Å². The van der Waals surface area contributed by atoms with Crippen molar-refractivity contribution in [3.05, 3.63) is 11.9 Å². The molecule has 0 atom stereocenters. The second-order valence-electron chi connectivity index (χ2n) is 3.75. The normalized spacial score (nSPS) is 10.6. The first-order valence-corrected chi connectivity index (χ1v) is 6.50. The SMILES string of the molecule is CCCCCn1cc(C)nc1SCC(=O)O. The third-order valence-corrected chi connectivity index (χ3v) is 3.16. The molecule has 5 heteroatoms. The summed E-state index contributed by atoms with van der Waals surface area (Å²) in [7, 11) is 0. The molecule has 0 spiro atoms. The van der Waals surface area contributed by atoms with E-state index in [-0.39, 0.29) is 5.75 Å². The van der Waals surface area contributed by atoms with E-state index in [4.69, 9.17) is 5.11 Å². The Morgan fingerprint density at radius 3 is 2.94 bits per heavy atom. The third kappa shape index (κ3) is 4.26. The number of carboxylic acid groups (broad SMARTS) is 1. The summed E-state index contributed by atoms with van der Waals surface area (Å²) in [6.45, 7) is 5.02. The van der Waals surface area contributed by atoms with E-state index in [0.29, 0.717) is 0 Å². The van der Waals surface area contributed by atoms with Gasteiger partial charge >= 0.3 is 5.97 Å². The molecule has 0 amide bonds. The number of hydrogen-bond acceptors (Lipinski definition) is 3. The molecule has 90 valence electrons. The summed E-state index contributed by atoms with van der Waals surface area (Å²) in [5, 5.41) is 9.44. The zero-order chi connectivity index (χ0) is 12.0. The summed E-state index contributed by atoms with van der Waals surface area (Å²) in [6.07, 6.45) is 5.48. The molecule has 0 fully saturated rings. The van der Waals surface area contributed by atoms with Crippen LogP contribution in [0.2, 0.25) is 0 Å². The van der Waals surface area contributed by atoms with Crippen LogP contribution < -0.4 is 0 Å². The Balaban J connectivity index is 2.56. The van der Waals surface area contributed by atoms with Gasteiger partial charge in [0.1, 0.15) is 0 Å². The van der Waals surface area contributed by atoms with Crippen LogP contribution in [0.1, 0.15) is 31.9 Å². The van der Waals surface area contributed by atoms with E-state index in [1.54, 1.807) is 0 Å². The molecule has 0 bridgehead atoms. The highest BCUT2D eigenvalue weighted by Crippen LogP contribution is 2.18. The van der Waals surface area contributed by atoms with Gasteiger partial charge in [0.15, 0.2) is 5.16 Å². The van der Waals surface area contributed by atoms with Crippen LogP contribution in [0, 0.1) is 6.92 Å². The number of rotatable bonds is 7. The van der Waals surface area contributed by atoms with Crippen LogP contribution in [0.3, 0.4) is 0 Å². The van der Waals surface area contributed by atoms with E-state index in [2.05, 4.69) is 16.5 Å². The predicted octanol–water partition coefficient (Wildman–Crippen LogP) is 2.56. The van der Waals surface area contributed by atoms with E-state index in [1.165, 1.54) is 24.6 Å². The summed E-state index contributed by atoms with van der Waals surface area (Å²) in [5.41, 5.74) is 0.949. The van der Waals surface area contributed by atoms with Crippen LogP contribution in [0.5, 0.6) is 0 Å². The Hall–Kier alpha value is -0.970. The molecule has 0 aliphatic heterocycles. The first-order valence-electron chi connectivity index (χ1n) is 5.52. The molecule has 0 aromatic carbocycles. The fraction of sp³-hybridized carbons (Fsp3) is 0.636. The first-order chi connectivity index (χ1) is 7.63. The zero-order valence-corrected chi connectivity index (χ0v) is 10.6. The standard InChI is InChI=1S/C11H18N2O2S/c1-3-4-5-6-13-7-9(2)12-11(13)16-8-10(14)15/h7H,3-6,8H2,1-2H3,(H,14,15). The molecule has 4 nitrogen and oxygen atoms in total. The summed E-state index contributed by atoms with van der Waals surface area (Å²) < 4.78 is 2.05. The molecule has 1 aromatic rings. The smallest absolute Gasteiger partial charge is 0.313 e. The van der Waals surface area contributed by atoms with Gasteiger partial charge in [-0.2, -0.15) is 0 Å². The lowest BCUT2D eigenvalue weighted by Crippen LogP contribution is -2.02. The van der Waals surface area contributed by atoms with Gasteiger partial charge in [0, 0.05) is 12.7 Å². The monoisotopic (exact) mass is 242 g/mol. The van der Waals surface area contributed by atoms with E-state index in [0.717, 1.165) is 23.8 Å². The van der Waals surface area contributed by atoms with Gasteiger partial charge in [-0.15, -0.1) is 0 Å². The van der Waals surface area contributed by atoms with Gasteiger partial charge in [-0.1, -0.05) is 31.5 Å². The molecule has 0 radical (unpaired) electrons. The van der Waals surface area contributed by atoms with Crippen LogP contribution in [-0.2, 0) is 11.3 Å². The molecular formula is C11H18N2O2S. The molecule has 0 saturated carbocycles. The zero-order valence-electron chi connectivity index (χ0n) is 9.77. The van der Waals surface area contributed by atoms with E-state index >= 15 is 0 Å². The number of unbranched alkanes of at least 4 members (excludes halogenated alkanes) is 2. The minimum Gasteiger partial charge on any atom is -0.481 e. The van der Waals surface area contributed by atoms with Crippen LogP contribution in [0.25, 0.3) is 0 Å². The Morgan fingerprint density at radius 1 is 1.56 bits per heavy atom. The van der Waals surface area contributed by atoms with Crippen LogP contribution >= 0.6 is 11.8 Å². The second kappa shape index (κ2) is 6.58. The molecule has 0 saturated heterocycles. The van der Waals surface area contributed by atoms with Crippen molar-refractivity contribution in [3.63, 3.8) is 0 Å². The molecule has 0 unspecified atom stereocenters. The fourth-order valence-corrected chi connectivity index (χ4v) is 2.23. The highest BCUT2D eigenvalue weighted by atomic mass is 32.2. The average molecular weight is 242 g/mol. The molecule has 0 aliphatic carbocycles. The molecule has 0 aliphatic rings. The summed E-state index contributed by atoms with van der Waals surface area (Å²) in [4.78, 5) is 14.8. The maximum absolute atomic E-state index is 10.5. The molecule has 1 aromatic heterocycles. The quantitative estimate of drug-likeness (QED) is 0.589. The number of thioether (sulfide) groups is 1. The second-order valence-corrected chi connectivity index (χ2v) is 4.69. The summed E-state index contributed by atoms with van der Waals surface area (Å²) in [5.74, 6) is -0.727. The minimum atomic E-state index is -0.800. The lowest BCUT2D eigenvalue weighted by Gasteiger charge is -2.05. The molecule has 16 heavy (non-hydrogen) atoms. The summed E-state index contributed by atoms with van der Waals surface area (Å²) in [6, 6.07) is 0. The highest BCUT2D eigenvalue weighted by Gasteiger charge is 2.08. The number of aryl methyl sites for hydroxylation is 2. The largest absolute Gasteiger partial charge is 0.481 e. The number of hydrogen-bond donors (Lipinski definition) is 1. The molecular weight excluding hydrogens is 224 g/mol. The first kappa shape index (κ1) is 13.1. The van der Waals surface area contributed by atoms with Crippen LogP contribution in [-0.4, -0.2) is 26.4 Å². The van der Waals surface area contributed by atoms with Crippen molar-refractivity contribution in [1.29, 1.82) is 0 Å². The highest BCUT2D eigenvalue weighted by molar-refractivity contribution is 7.99. The minimum absolute atomic E-state index is 0.0736. The van der Waals surface area contributed by atoms with Gasteiger partial charge in [0.25, 0.3) is 0 Å². The Morgan fingerprint density at radius 2 is 2.31 bits per heavy atom. The number of aromatic nitrogens is 2. The maximum Gasteiger partial charge on any atom is 0.313 e. The van der Waals surface area contributed by atoms with Crippen molar-refractivity contribution in [2.24, 2.45) is 0 Å². The Bertz CT molecular complexity index is 350.